The molecule has 0 spiro atoms. The maximum absolute atomic E-state index is 12.9. The molecule has 1 aliphatic rings. The number of piperidine rings is 1. The van der Waals surface area contributed by atoms with Gasteiger partial charge in [-0.1, -0.05) is 6.42 Å². The summed E-state index contributed by atoms with van der Waals surface area (Å²) in [6, 6.07) is 4.76. The Morgan fingerprint density at radius 3 is 2.44 bits per heavy atom. The molecule has 8 heteroatoms. The molecule has 0 aromatic heterocycles. The highest BCUT2D eigenvalue weighted by Crippen LogP contribution is 2.30. The van der Waals surface area contributed by atoms with Crippen molar-refractivity contribution in [1.29, 1.82) is 0 Å². The van der Waals surface area contributed by atoms with Crippen molar-refractivity contribution < 1.29 is 17.9 Å². The summed E-state index contributed by atoms with van der Waals surface area (Å²) in [5, 5.41) is 5.88. The van der Waals surface area contributed by atoms with Crippen LogP contribution in [0.25, 0.3) is 0 Å². The third-order valence-electron chi connectivity index (χ3n) is 4.16. The van der Waals surface area contributed by atoms with E-state index in [0.717, 1.165) is 19.3 Å². The second kappa shape index (κ2) is 8.93. The highest BCUT2D eigenvalue weighted by atomic mass is 32.2. The number of ether oxygens (including phenoxy) is 1. The monoisotopic (exact) mass is 397 g/mol. The first kappa shape index (κ1) is 21.5. The van der Waals surface area contributed by atoms with Crippen molar-refractivity contribution in [2.75, 3.05) is 31.6 Å². The van der Waals surface area contributed by atoms with Gasteiger partial charge < -0.3 is 15.4 Å². The molecular weight excluding hydrogens is 366 g/mol. The Kier molecular flexibility index (Phi) is 7.11. The zero-order valence-electron chi connectivity index (χ0n) is 16.7. The fourth-order valence-corrected chi connectivity index (χ4v) is 4.53. The van der Waals surface area contributed by atoms with Crippen molar-refractivity contribution in [2.24, 2.45) is 0 Å². The minimum absolute atomic E-state index is 0.0323. The summed E-state index contributed by atoms with van der Waals surface area (Å²) < 4.78 is 32.9. The van der Waals surface area contributed by atoms with E-state index < -0.39 is 10.0 Å². The summed E-state index contributed by atoms with van der Waals surface area (Å²) in [5.41, 5.74) is 0.167. The first-order valence-electron chi connectivity index (χ1n) is 9.45. The number of amides is 1. The second-order valence-corrected chi connectivity index (χ2v) is 9.65. The fourth-order valence-electron chi connectivity index (χ4n) is 2.98. The molecule has 2 rings (SSSR count). The van der Waals surface area contributed by atoms with Crippen LogP contribution in [0.4, 0.5) is 5.69 Å². The Bertz CT molecular complexity index is 751. The van der Waals surface area contributed by atoms with Gasteiger partial charge in [0, 0.05) is 18.6 Å². The maximum Gasteiger partial charge on any atom is 0.243 e. The highest BCUT2D eigenvalue weighted by molar-refractivity contribution is 7.89. The summed E-state index contributed by atoms with van der Waals surface area (Å²) in [6.45, 7) is 9.14. The summed E-state index contributed by atoms with van der Waals surface area (Å²) in [4.78, 5) is 12.3. The largest absolute Gasteiger partial charge is 0.492 e. The van der Waals surface area contributed by atoms with Crippen LogP contribution >= 0.6 is 0 Å². The van der Waals surface area contributed by atoms with Crippen molar-refractivity contribution in [3.05, 3.63) is 18.2 Å². The minimum atomic E-state index is -3.55. The zero-order chi connectivity index (χ0) is 20.1. The van der Waals surface area contributed by atoms with Crippen molar-refractivity contribution in [2.45, 2.75) is 57.4 Å². The van der Waals surface area contributed by atoms with Gasteiger partial charge >= 0.3 is 0 Å². The Morgan fingerprint density at radius 1 is 1.19 bits per heavy atom. The van der Waals surface area contributed by atoms with E-state index in [-0.39, 0.29) is 22.9 Å². The molecule has 0 atom stereocenters. The van der Waals surface area contributed by atoms with Gasteiger partial charge in [-0.25, -0.2) is 8.42 Å². The lowest BCUT2D eigenvalue weighted by molar-refractivity contribution is -0.120. The number of benzene rings is 1. The Hall–Kier alpha value is -1.80. The van der Waals surface area contributed by atoms with Crippen LogP contribution in [0.15, 0.2) is 23.1 Å². The third-order valence-corrected chi connectivity index (χ3v) is 6.05. The minimum Gasteiger partial charge on any atom is -0.492 e. The first-order valence-corrected chi connectivity index (χ1v) is 10.9. The molecular formula is C19H31N3O4S. The Morgan fingerprint density at radius 2 is 1.85 bits per heavy atom. The Labute approximate surface area is 162 Å². The molecule has 0 radical (unpaired) electrons. The van der Waals surface area contributed by atoms with Gasteiger partial charge in [-0.05, 0) is 58.7 Å². The predicted molar refractivity (Wildman–Crippen MR) is 107 cm³/mol. The van der Waals surface area contributed by atoms with Crippen molar-refractivity contribution in [1.82, 2.24) is 9.62 Å². The summed E-state index contributed by atoms with van der Waals surface area (Å²) in [6.07, 6.45) is 2.83. The molecule has 0 unspecified atom stereocenters. The topological polar surface area (TPSA) is 87.7 Å². The maximum atomic E-state index is 12.9. The molecule has 2 N–H and O–H groups in total. The van der Waals surface area contributed by atoms with Gasteiger partial charge in [-0.2, -0.15) is 4.31 Å². The normalized spacial score (nSPS) is 16.0. The van der Waals surface area contributed by atoms with E-state index >= 15 is 0 Å². The highest BCUT2D eigenvalue weighted by Gasteiger charge is 2.27. The van der Waals surface area contributed by atoms with Crippen LogP contribution < -0.4 is 15.4 Å². The number of rotatable bonds is 7. The molecule has 0 bridgehead atoms. The van der Waals surface area contributed by atoms with E-state index in [4.69, 9.17) is 4.74 Å². The van der Waals surface area contributed by atoms with Crippen molar-refractivity contribution in [3.63, 3.8) is 0 Å². The lowest BCUT2D eigenvalue weighted by atomic mass is 10.1. The molecule has 1 aliphatic heterocycles. The second-order valence-electron chi connectivity index (χ2n) is 7.71. The van der Waals surface area contributed by atoms with E-state index in [1.807, 2.05) is 27.7 Å². The van der Waals surface area contributed by atoms with Gasteiger partial charge in [0.1, 0.15) is 5.75 Å². The van der Waals surface area contributed by atoms with Gasteiger partial charge in [0.05, 0.1) is 23.7 Å². The molecule has 1 heterocycles. The molecule has 0 aliphatic carbocycles. The third kappa shape index (κ3) is 6.10. The van der Waals surface area contributed by atoms with Gasteiger partial charge in [0.25, 0.3) is 0 Å². The van der Waals surface area contributed by atoms with Gasteiger partial charge in [0.15, 0.2) is 0 Å². The molecule has 1 aromatic rings. The van der Waals surface area contributed by atoms with E-state index in [0.29, 0.717) is 31.1 Å². The van der Waals surface area contributed by atoms with Crippen molar-refractivity contribution >= 4 is 21.6 Å². The van der Waals surface area contributed by atoms with Gasteiger partial charge in [0.2, 0.25) is 15.9 Å². The summed E-state index contributed by atoms with van der Waals surface area (Å²) in [7, 11) is -3.55. The molecule has 1 saturated heterocycles. The summed E-state index contributed by atoms with van der Waals surface area (Å²) in [5.74, 6) is 0.355. The average Bonchev–Trinajstić information content (AvgIpc) is 2.60. The standard InChI is InChI=1S/C19H31N3O4S/c1-5-26-17-10-9-15(27(24,25)22-11-7-6-8-12-22)13-16(17)20-14-18(23)21-19(2,3)4/h9-10,13,20H,5-8,11-12,14H2,1-4H3,(H,21,23). The van der Waals surface area contributed by atoms with Gasteiger partial charge in [-0.15, -0.1) is 0 Å². The first-order chi connectivity index (χ1) is 12.6. The van der Waals surface area contributed by atoms with Crippen LogP contribution in [0.5, 0.6) is 5.75 Å². The van der Waals surface area contributed by atoms with Crippen molar-refractivity contribution in [3.8, 4) is 5.75 Å². The molecule has 1 fully saturated rings. The summed E-state index contributed by atoms with van der Waals surface area (Å²) >= 11 is 0. The van der Waals surface area contributed by atoms with Crippen LogP contribution in [-0.2, 0) is 14.8 Å². The zero-order valence-corrected chi connectivity index (χ0v) is 17.5. The number of sulfonamides is 1. The van der Waals surface area contributed by atoms with Crippen LogP contribution in [0.3, 0.4) is 0 Å². The quantitative estimate of drug-likeness (QED) is 0.738. The number of hydrogen-bond acceptors (Lipinski definition) is 5. The smallest absolute Gasteiger partial charge is 0.243 e. The van der Waals surface area contributed by atoms with Crippen LogP contribution in [0, 0.1) is 0 Å². The van der Waals surface area contributed by atoms with Crippen LogP contribution in [-0.4, -0.2) is 50.4 Å². The molecule has 152 valence electrons. The lowest BCUT2D eigenvalue weighted by Gasteiger charge is -2.26. The molecule has 1 aromatic carbocycles. The molecule has 1 amide bonds. The van der Waals surface area contributed by atoms with E-state index in [9.17, 15) is 13.2 Å². The van der Waals surface area contributed by atoms with Crippen LogP contribution in [0.2, 0.25) is 0 Å². The Balaban J connectivity index is 2.21. The number of nitrogens with one attached hydrogen (secondary N) is 2. The van der Waals surface area contributed by atoms with E-state index in [1.54, 1.807) is 18.2 Å². The lowest BCUT2D eigenvalue weighted by Crippen LogP contribution is -2.43. The van der Waals surface area contributed by atoms with Crippen LogP contribution in [0.1, 0.15) is 47.0 Å². The molecule has 27 heavy (non-hydrogen) atoms. The fraction of sp³-hybridized carbons (Fsp3) is 0.632. The number of carbonyl (C=O) groups excluding carboxylic acids is 1. The van der Waals surface area contributed by atoms with E-state index in [1.165, 1.54) is 4.31 Å². The molecule has 0 saturated carbocycles. The number of carbonyl (C=O) groups is 1. The predicted octanol–water partition coefficient (Wildman–Crippen LogP) is 2.59. The SMILES string of the molecule is CCOc1ccc(S(=O)(=O)N2CCCCC2)cc1NCC(=O)NC(C)(C)C. The average molecular weight is 398 g/mol. The number of hydrogen-bond donors (Lipinski definition) is 2. The van der Waals surface area contributed by atoms with Gasteiger partial charge in [-0.3, -0.25) is 4.79 Å². The van der Waals surface area contributed by atoms with E-state index in [2.05, 4.69) is 10.6 Å². The number of anilines is 1. The molecule has 7 nitrogen and oxygen atoms in total. The number of nitrogens with zero attached hydrogens (tertiary/aromatic N) is 1.